The van der Waals surface area contributed by atoms with Gasteiger partial charge in [0.2, 0.25) is 0 Å². The van der Waals surface area contributed by atoms with Crippen molar-refractivity contribution in [1.29, 1.82) is 0 Å². The normalized spacial score (nSPS) is 16.5. The van der Waals surface area contributed by atoms with E-state index in [1.807, 2.05) is 12.1 Å². The average Bonchev–Trinajstić information content (AvgIpc) is 3.18. The van der Waals surface area contributed by atoms with Crippen molar-refractivity contribution in [2.24, 2.45) is 0 Å². The molecule has 1 aromatic rings. The fourth-order valence-corrected chi connectivity index (χ4v) is 2.11. The Morgan fingerprint density at radius 1 is 1.00 bits per heavy atom. The summed E-state index contributed by atoms with van der Waals surface area (Å²) in [5, 5.41) is 9.49. The van der Waals surface area contributed by atoms with Crippen LogP contribution in [0.25, 0.3) is 0 Å². The molecule has 0 atom stereocenters. The fourth-order valence-electron chi connectivity index (χ4n) is 2.11. The van der Waals surface area contributed by atoms with Crippen LogP contribution in [0.15, 0.2) is 12.1 Å². The number of hydrogen-bond donors (Lipinski definition) is 1. The van der Waals surface area contributed by atoms with Crippen LogP contribution >= 0.6 is 0 Å². The topological polar surface area (TPSA) is 47.9 Å². The Labute approximate surface area is 101 Å². The molecule has 0 radical (unpaired) electrons. The maximum atomic E-state index is 9.49. The van der Waals surface area contributed by atoms with Crippen LogP contribution in [0.1, 0.15) is 18.4 Å². The van der Waals surface area contributed by atoms with E-state index in [1.165, 1.54) is 0 Å². The van der Waals surface area contributed by atoms with E-state index in [-0.39, 0.29) is 12.0 Å². The molecule has 0 amide bonds. The van der Waals surface area contributed by atoms with E-state index >= 15 is 0 Å². The monoisotopic (exact) mass is 238 g/mol. The highest BCUT2D eigenvalue weighted by atomic mass is 16.5. The van der Waals surface area contributed by atoms with Gasteiger partial charge in [-0.2, -0.15) is 0 Å². The Hall–Kier alpha value is -1.42. The van der Waals surface area contributed by atoms with Crippen LogP contribution in [-0.4, -0.2) is 33.0 Å². The minimum atomic E-state index is -0.148. The van der Waals surface area contributed by atoms with Crippen LogP contribution in [0.4, 0.5) is 0 Å². The van der Waals surface area contributed by atoms with Crippen molar-refractivity contribution in [3.8, 4) is 17.2 Å². The molecule has 1 saturated carbocycles. The number of rotatable bonds is 5. The summed E-state index contributed by atoms with van der Waals surface area (Å²) >= 11 is 0. The molecule has 0 bridgehead atoms. The van der Waals surface area contributed by atoms with Crippen LogP contribution in [0, 0.1) is 0 Å². The van der Waals surface area contributed by atoms with Gasteiger partial charge in [0, 0.05) is 17.0 Å². The number of hydrogen-bond acceptors (Lipinski definition) is 4. The third-order valence-corrected chi connectivity index (χ3v) is 3.43. The fraction of sp³-hybridized carbons (Fsp3) is 0.538. The maximum absolute atomic E-state index is 9.49. The summed E-state index contributed by atoms with van der Waals surface area (Å²) < 4.78 is 15.9. The lowest BCUT2D eigenvalue weighted by Gasteiger charge is -2.19. The zero-order chi connectivity index (χ0) is 12.5. The first kappa shape index (κ1) is 12.0. The third-order valence-electron chi connectivity index (χ3n) is 3.43. The van der Waals surface area contributed by atoms with Gasteiger partial charge in [0.05, 0.1) is 27.9 Å². The molecule has 4 nitrogen and oxygen atoms in total. The molecule has 1 aliphatic rings. The SMILES string of the molecule is COc1cc(OC)c(C2(CO)CC2)cc1OC. The van der Waals surface area contributed by atoms with Crippen molar-refractivity contribution >= 4 is 0 Å². The quantitative estimate of drug-likeness (QED) is 0.848. The molecule has 0 spiro atoms. The zero-order valence-electron chi connectivity index (χ0n) is 10.4. The molecular weight excluding hydrogens is 220 g/mol. The molecule has 0 heterocycles. The highest BCUT2D eigenvalue weighted by molar-refractivity contribution is 5.55. The lowest BCUT2D eigenvalue weighted by molar-refractivity contribution is 0.250. The molecule has 0 aliphatic heterocycles. The molecule has 1 fully saturated rings. The Kier molecular flexibility index (Phi) is 3.15. The van der Waals surface area contributed by atoms with E-state index in [0.29, 0.717) is 11.5 Å². The summed E-state index contributed by atoms with van der Waals surface area (Å²) in [5.41, 5.74) is 0.852. The second-order valence-electron chi connectivity index (χ2n) is 4.35. The summed E-state index contributed by atoms with van der Waals surface area (Å²) in [6, 6.07) is 3.71. The minimum Gasteiger partial charge on any atom is -0.496 e. The van der Waals surface area contributed by atoms with Gasteiger partial charge in [0.25, 0.3) is 0 Å². The highest BCUT2D eigenvalue weighted by Crippen LogP contribution is 2.53. The van der Waals surface area contributed by atoms with E-state index in [2.05, 4.69) is 0 Å². The van der Waals surface area contributed by atoms with E-state index in [1.54, 1.807) is 21.3 Å². The number of aliphatic hydroxyl groups excluding tert-OH is 1. The van der Waals surface area contributed by atoms with Crippen LogP contribution in [0.5, 0.6) is 17.2 Å². The minimum absolute atomic E-state index is 0.138. The van der Waals surface area contributed by atoms with Gasteiger partial charge in [0.1, 0.15) is 5.75 Å². The number of benzene rings is 1. The Balaban J connectivity index is 2.50. The average molecular weight is 238 g/mol. The molecule has 0 aromatic heterocycles. The predicted molar refractivity (Wildman–Crippen MR) is 64.1 cm³/mol. The molecule has 1 aromatic carbocycles. The molecule has 17 heavy (non-hydrogen) atoms. The maximum Gasteiger partial charge on any atom is 0.164 e. The second-order valence-corrected chi connectivity index (χ2v) is 4.35. The van der Waals surface area contributed by atoms with E-state index in [9.17, 15) is 5.11 Å². The molecule has 0 unspecified atom stereocenters. The molecular formula is C13H18O4. The van der Waals surface area contributed by atoms with Gasteiger partial charge in [0.15, 0.2) is 11.5 Å². The Bertz CT molecular complexity index is 410. The Morgan fingerprint density at radius 2 is 1.53 bits per heavy atom. The molecule has 4 heteroatoms. The molecule has 94 valence electrons. The van der Waals surface area contributed by atoms with Crippen LogP contribution in [0.3, 0.4) is 0 Å². The van der Waals surface area contributed by atoms with Crippen LogP contribution in [0.2, 0.25) is 0 Å². The van der Waals surface area contributed by atoms with E-state index < -0.39 is 0 Å². The van der Waals surface area contributed by atoms with Gasteiger partial charge in [-0.05, 0) is 18.9 Å². The number of ether oxygens (including phenoxy) is 3. The molecule has 1 aliphatic carbocycles. The van der Waals surface area contributed by atoms with Crippen molar-refractivity contribution in [1.82, 2.24) is 0 Å². The largest absolute Gasteiger partial charge is 0.496 e. The van der Waals surface area contributed by atoms with Gasteiger partial charge in [-0.1, -0.05) is 0 Å². The molecule has 1 N–H and O–H groups in total. The van der Waals surface area contributed by atoms with Crippen molar-refractivity contribution in [3.63, 3.8) is 0 Å². The van der Waals surface area contributed by atoms with Crippen molar-refractivity contribution < 1.29 is 19.3 Å². The van der Waals surface area contributed by atoms with Gasteiger partial charge < -0.3 is 19.3 Å². The summed E-state index contributed by atoms with van der Waals surface area (Å²) in [7, 11) is 4.82. The van der Waals surface area contributed by atoms with Crippen molar-refractivity contribution in [3.05, 3.63) is 17.7 Å². The standard InChI is InChI=1S/C13H18O4/c1-15-10-7-12(17-3)11(16-2)6-9(10)13(8-14)4-5-13/h6-7,14H,4-5,8H2,1-3H3. The lowest BCUT2D eigenvalue weighted by atomic mass is 9.95. The smallest absolute Gasteiger partial charge is 0.164 e. The van der Waals surface area contributed by atoms with E-state index in [0.717, 1.165) is 24.2 Å². The summed E-state index contributed by atoms with van der Waals surface area (Å²) in [5.74, 6) is 2.05. The zero-order valence-corrected chi connectivity index (χ0v) is 10.4. The Morgan fingerprint density at radius 3 is 1.94 bits per heavy atom. The summed E-state index contributed by atoms with van der Waals surface area (Å²) in [6.07, 6.45) is 1.96. The predicted octanol–water partition coefficient (Wildman–Crippen LogP) is 1.74. The first-order valence-electron chi connectivity index (χ1n) is 5.62. The summed E-state index contributed by atoms with van der Waals surface area (Å²) in [6.45, 7) is 0.138. The number of aliphatic hydroxyl groups is 1. The van der Waals surface area contributed by atoms with Gasteiger partial charge in [-0.3, -0.25) is 0 Å². The summed E-state index contributed by atoms with van der Waals surface area (Å²) in [4.78, 5) is 0. The van der Waals surface area contributed by atoms with E-state index in [4.69, 9.17) is 14.2 Å². The van der Waals surface area contributed by atoms with Gasteiger partial charge in [-0.25, -0.2) is 0 Å². The second kappa shape index (κ2) is 4.45. The molecule has 0 saturated heterocycles. The highest BCUT2D eigenvalue weighted by Gasteiger charge is 2.46. The first-order valence-corrected chi connectivity index (χ1v) is 5.62. The number of methoxy groups -OCH3 is 3. The van der Waals surface area contributed by atoms with Crippen molar-refractivity contribution in [2.45, 2.75) is 18.3 Å². The molecule has 2 rings (SSSR count). The first-order chi connectivity index (χ1) is 8.20. The lowest BCUT2D eigenvalue weighted by Crippen LogP contribution is -2.13. The van der Waals surface area contributed by atoms with Crippen molar-refractivity contribution in [2.75, 3.05) is 27.9 Å². The third kappa shape index (κ3) is 1.93. The van der Waals surface area contributed by atoms with Gasteiger partial charge in [-0.15, -0.1) is 0 Å². The van der Waals surface area contributed by atoms with Crippen LogP contribution < -0.4 is 14.2 Å². The van der Waals surface area contributed by atoms with Gasteiger partial charge >= 0.3 is 0 Å². The van der Waals surface area contributed by atoms with Crippen LogP contribution in [-0.2, 0) is 5.41 Å².